The van der Waals surface area contributed by atoms with Crippen molar-refractivity contribution in [1.29, 1.82) is 0 Å². The first kappa shape index (κ1) is 10.2. The molecule has 16 heavy (non-hydrogen) atoms. The Morgan fingerprint density at radius 1 is 1.38 bits per heavy atom. The Labute approximate surface area is 100 Å². The Hall–Kier alpha value is -0.990. The zero-order valence-corrected chi connectivity index (χ0v) is 10.3. The summed E-state index contributed by atoms with van der Waals surface area (Å²) in [5.74, 6) is 0. The Bertz CT molecular complexity index is 542. The number of aromatic nitrogens is 1. The molecule has 1 atom stereocenters. The van der Waals surface area contributed by atoms with E-state index in [1.807, 2.05) is 6.07 Å². The molecule has 0 spiro atoms. The minimum atomic E-state index is 0.571. The summed E-state index contributed by atoms with van der Waals surface area (Å²) in [6.45, 7) is 1.07. The van der Waals surface area contributed by atoms with E-state index in [2.05, 4.69) is 41.9 Å². The number of likely N-dealkylation sites (N-methyl/N-ethyl adjacent to an activating group) is 1. The number of halogens is 1. The summed E-state index contributed by atoms with van der Waals surface area (Å²) >= 11 is 6.14. The molecule has 0 aliphatic carbocycles. The zero-order chi connectivity index (χ0) is 11.3. The van der Waals surface area contributed by atoms with E-state index in [-0.39, 0.29) is 0 Å². The van der Waals surface area contributed by atoms with E-state index in [0.29, 0.717) is 6.04 Å². The number of hydrogen-bond donors (Lipinski definition) is 0. The van der Waals surface area contributed by atoms with Crippen molar-refractivity contribution >= 4 is 22.5 Å². The lowest BCUT2D eigenvalue weighted by Gasteiger charge is -2.30. The van der Waals surface area contributed by atoms with Crippen LogP contribution in [-0.4, -0.2) is 29.6 Å². The summed E-state index contributed by atoms with van der Waals surface area (Å²) in [4.78, 5) is 2.29. The van der Waals surface area contributed by atoms with Gasteiger partial charge in [-0.2, -0.15) is 0 Å². The molecule has 1 aromatic carbocycles. The fourth-order valence-electron chi connectivity index (χ4n) is 2.60. The van der Waals surface area contributed by atoms with Gasteiger partial charge in [-0.25, -0.2) is 0 Å². The van der Waals surface area contributed by atoms with Gasteiger partial charge in [0.2, 0.25) is 0 Å². The van der Waals surface area contributed by atoms with Crippen molar-refractivity contribution in [2.45, 2.75) is 19.0 Å². The first-order chi connectivity index (χ1) is 7.65. The minimum absolute atomic E-state index is 0.571. The lowest BCUT2D eigenvalue weighted by molar-refractivity contribution is 0.258. The Morgan fingerprint density at radius 3 is 2.94 bits per heavy atom. The van der Waals surface area contributed by atoms with E-state index in [0.717, 1.165) is 18.0 Å². The third-order valence-corrected chi connectivity index (χ3v) is 3.72. The van der Waals surface area contributed by atoms with Crippen molar-refractivity contribution in [2.75, 3.05) is 14.1 Å². The smallest absolute Gasteiger partial charge is 0.0515 e. The van der Waals surface area contributed by atoms with Crippen LogP contribution < -0.4 is 0 Å². The molecule has 0 amide bonds. The molecule has 2 heterocycles. The van der Waals surface area contributed by atoms with E-state index in [1.165, 1.54) is 16.5 Å². The van der Waals surface area contributed by atoms with Crippen molar-refractivity contribution in [3.8, 4) is 0 Å². The molecule has 3 rings (SSSR count). The van der Waals surface area contributed by atoms with Gasteiger partial charge in [0.25, 0.3) is 0 Å². The van der Waals surface area contributed by atoms with Gasteiger partial charge in [0.1, 0.15) is 0 Å². The lowest BCUT2D eigenvalue weighted by atomic mass is 9.99. The van der Waals surface area contributed by atoms with Crippen molar-refractivity contribution in [3.63, 3.8) is 0 Å². The summed E-state index contributed by atoms with van der Waals surface area (Å²) in [7, 11) is 4.28. The fourth-order valence-corrected chi connectivity index (χ4v) is 2.85. The van der Waals surface area contributed by atoms with E-state index >= 15 is 0 Å². The van der Waals surface area contributed by atoms with Crippen molar-refractivity contribution in [1.82, 2.24) is 9.47 Å². The first-order valence-corrected chi connectivity index (χ1v) is 5.96. The summed E-state index contributed by atoms with van der Waals surface area (Å²) in [5.41, 5.74) is 2.74. The maximum absolute atomic E-state index is 6.14. The molecule has 1 aromatic heterocycles. The molecule has 1 aliphatic heterocycles. The number of nitrogens with zero attached hydrogens (tertiary/aromatic N) is 2. The molecular formula is C13H15ClN2. The second-order valence-electron chi connectivity index (χ2n) is 4.79. The van der Waals surface area contributed by atoms with Gasteiger partial charge in [-0.3, -0.25) is 0 Å². The molecule has 0 N–H and O–H groups in total. The van der Waals surface area contributed by atoms with Gasteiger partial charge < -0.3 is 9.47 Å². The van der Waals surface area contributed by atoms with Crippen LogP contribution in [0.4, 0.5) is 0 Å². The van der Waals surface area contributed by atoms with Crippen molar-refractivity contribution < 1.29 is 0 Å². The molecule has 1 aliphatic rings. The van der Waals surface area contributed by atoms with Crippen LogP contribution >= 0.6 is 11.6 Å². The topological polar surface area (TPSA) is 8.17 Å². The van der Waals surface area contributed by atoms with E-state index in [1.54, 1.807) is 0 Å². The number of hydrogen-bond acceptors (Lipinski definition) is 1. The fraction of sp³-hybridized carbons (Fsp3) is 0.385. The quantitative estimate of drug-likeness (QED) is 0.737. The van der Waals surface area contributed by atoms with Crippen LogP contribution in [0.15, 0.2) is 24.4 Å². The van der Waals surface area contributed by atoms with E-state index in [9.17, 15) is 0 Å². The molecular weight excluding hydrogens is 220 g/mol. The summed E-state index contributed by atoms with van der Waals surface area (Å²) in [5, 5.41) is 2.11. The highest BCUT2D eigenvalue weighted by Crippen LogP contribution is 2.30. The minimum Gasteiger partial charge on any atom is -0.346 e. The molecule has 2 aromatic rings. The van der Waals surface area contributed by atoms with E-state index in [4.69, 9.17) is 11.6 Å². The second-order valence-corrected chi connectivity index (χ2v) is 5.23. The van der Waals surface area contributed by atoms with Crippen LogP contribution in [0, 0.1) is 0 Å². The summed E-state index contributed by atoms with van der Waals surface area (Å²) in [6, 6.07) is 6.88. The number of benzene rings is 1. The lowest BCUT2D eigenvalue weighted by Crippen LogP contribution is -2.36. The summed E-state index contributed by atoms with van der Waals surface area (Å²) < 4.78 is 2.34. The molecule has 0 saturated heterocycles. The van der Waals surface area contributed by atoms with Gasteiger partial charge in [-0.15, -0.1) is 0 Å². The highest BCUT2D eigenvalue weighted by Gasteiger charge is 2.22. The molecule has 3 heteroatoms. The van der Waals surface area contributed by atoms with Gasteiger partial charge in [-0.05, 0) is 44.3 Å². The van der Waals surface area contributed by atoms with Crippen LogP contribution in [0.25, 0.3) is 10.9 Å². The second kappa shape index (κ2) is 3.51. The Morgan fingerprint density at radius 2 is 2.19 bits per heavy atom. The predicted octanol–water partition coefficient (Wildman–Crippen LogP) is 2.78. The van der Waals surface area contributed by atoms with Gasteiger partial charge in [0.15, 0.2) is 0 Å². The zero-order valence-electron chi connectivity index (χ0n) is 9.57. The molecule has 0 saturated carbocycles. The van der Waals surface area contributed by atoms with Crippen molar-refractivity contribution in [2.24, 2.45) is 0 Å². The van der Waals surface area contributed by atoms with Crippen LogP contribution in [0.2, 0.25) is 5.02 Å². The van der Waals surface area contributed by atoms with Crippen LogP contribution in [0.1, 0.15) is 5.56 Å². The molecule has 1 unspecified atom stereocenters. The van der Waals surface area contributed by atoms with Gasteiger partial charge in [0, 0.05) is 29.2 Å². The largest absolute Gasteiger partial charge is 0.346 e. The Kier molecular flexibility index (Phi) is 2.23. The predicted molar refractivity (Wildman–Crippen MR) is 68.1 cm³/mol. The standard InChI is InChI=1S/C13H15ClN2/c1-15(2)12-7-10-6-11(14)5-9-3-4-16(8-12)13(9)10/h3-6,12H,7-8H2,1-2H3. The number of rotatable bonds is 1. The van der Waals surface area contributed by atoms with Gasteiger partial charge in [-0.1, -0.05) is 11.6 Å². The average Bonchev–Trinajstić information content (AvgIpc) is 2.62. The summed E-state index contributed by atoms with van der Waals surface area (Å²) in [6.07, 6.45) is 3.26. The SMILES string of the molecule is CN(C)C1Cc2cc(Cl)cc3ccn(c23)C1. The normalized spacial score (nSPS) is 19.6. The highest BCUT2D eigenvalue weighted by molar-refractivity contribution is 6.31. The maximum atomic E-state index is 6.14. The van der Waals surface area contributed by atoms with Crippen LogP contribution in [0.3, 0.4) is 0 Å². The third-order valence-electron chi connectivity index (χ3n) is 3.50. The third kappa shape index (κ3) is 1.45. The monoisotopic (exact) mass is 234 g/mol. The molecule has 0 fully saturated rings. The average molecular weight is 235 g/mol. The molecule has 2 nitrogen and oxygen atoms in total. The molecule has 0 bridgehead atoms. The molecule has 84 valence electrons. The Balaban J connectivity index is 2.18. The van der Waals surface area contributed by atoms with Gasteiger partial charge in [0.05, 0.1) is 5.52 Å². The van der Waals surface area contributed by atoms with Crippen LogP contribution in [-0.2, 0) is 13.0 Å². The van der Waals surface area contributed by atoms with Gasteiger partial charge >= 0.3 is 0 Å². The van der Waals surface area contributed by atoms with Crippen molar-refractivity contribution in [3.05, 3.63) is 35.0 Å². The van der Waals surface area contributed by atoms with Crippen LogP contribution in [0.5, 0.6) is 0 Å². The molecule has 0 radical (unpaired) electrons. The highest BCUT2D eigenvalue weighted by atomic mass is 35.5. The first-order valence-electron chi connectivity index (χ1n) is 5.59. The maximum Gasteiger partial charge on any atom is 0.0515 e. The van der Waals surface area contributed by atoms with E-state index < -0.39 is 0 Å².